The number of nitrogens with one attached hydrogen (secondary N) is 1. The molecule has 0 radical (unpaired) electrons. The maximum atomic E-state index is 13.8. The van der Waals surface area contributed by atoms with Gasteiger partial charge in [-0.25, -0.2) is 0 Å². The Morgan fingerprint density at radius 3 is 2.22 bits per heavy atom. The Morgan fingerprint density at radius 2 is 1.46 bits per heavy atom. The molecule has 3 amide bonds. The van der Waals surface area contributed by atoms with Gasteiger partial charge in [0.2, 0.25) is 5.91 Å². The molecule has 0 aliphatic carbocycles. The minimum atomic E-state index is -0.869. The molecule has 4 aliphatic heterocycles. The van der Waals surface area contributed by atoms with Gasteiger partial charge in [-0.05, 0) is 99.4 Å². The Kier molecular flexibility index (Phi) is 12.0. The molecule has 68 heavy (non-hydrogen) atoms. The number of hydrogen-bond donors (Lipinski definition) is 2. The molecular weight excluding hydrogens is 867 g/mol. The fourth-order valence-electron chi connectivity index (χ4n) is 11.2. The zero-order valence-electron chi connectivity index (χ0n) is 40.5. The fourth-order valence-corrected chi connectivity index (χ4v) is 12.0. The molecule has 4 heterocycles. The number of allylic oxidation sites excluding steroid dienone is 6. The Labute approximate surface area is 404 Å². The van der Waals surface area contributed by atoms with Gasteiger partial charge in [0.1, 0.15) is 6.54 Å². The van der Waals surface area contributed by atoms with E-state index >= 15 is 0 Å². The fraction of sp³-hybridized carbons (Fsp3) is 0.333. The average Bonchev–Trinajstić information content (AvgIpc) is 3.85. The van der Waals surface area contributed by atoms with Gasteiger partial charge >= 0.3 is 5.97 Å². The largest absolute Gasteiger partial charge is 0.481 e. The highest BCUT2D eigenvalue weighted by molar-refractivity contribution is 8.18. The highest BCUT2D eigenvalue weighted by Crippen LogP contribution is 2.52. The summed E-state index contributed by atoms with van der Waals surface area (Å²) in [5.74, 6) is -1.34. The van der Waals surface area contributed by atoms with E-state index in [9.17, 15) is 24.3 Å². The summed E-state index contributed by atoms with van der Waals surface area (Å²) in [4.78, 5) is 61.1. The van der Waals surface area contributed by atoms with E-state index in [0.29, 0.717) is 18.2 Å². The Hall–Kier alpha value is -6.59. The molecule has 1 saturated heterocycles. The molecule has 5 aromatic carbocycles. The van der Waals surface area contributed by atoms with Gasteiger partial charge in [-0.15, -0.1) is 0 Å². The van der Waals surface area contributed by atoms with E-state index < -0.39 is 35.0 Å². The number of thioether (sulfide) groups is 1. The van der Waals surface area contributed by atoms with E-state index in [1.807, 2.05) is 42.5 Å². The number of carbonyl (C=O) groups is 4. The predicted octanol–water partition coefficient (Wildman–Crippen LogP) is 12.0. The molecule has 10 nitrogen and oxygen atoms in total. The molecular formula is C57H61N5O5S. The number of nitrogens with zero attached hydrogens (tertiary/aromatic N) is 4. The summed E-state index contributed by atoms with van der Waals surface area (Å²) in [6.07, 6.45) is 11.2. The number of fused-ring (bicyclic) bond motifs is 7. The highest BCUT2D eigenvalue weighted by atomic mass is 32.2. The summed E-state index contributed by atoms with van der Waals surface area (Å²) in [7, 11) is 2.12. The lowest BCUT2D eigenvalue weighted by Crippen LogP contribution is -2.41. The lowest BCUT2D eigenvalue weighted by Gasteiger charge is -2.32. The molecule has 4 aliphatic rings. The molecule has 2 N–H and O–H groups in total. The maximum Gasteiger partial charge on any atom is 0.305 e. The number of amides is 3. The number of benzene rings is 5. The maximum absolute atomic E-state index is 13.8. The smallest absolute Gasteiger partial charge is 0.305 e. The standard InChI is InChI=1S/C57H61N5O5S/c1-35(2)30-32-60-42-21-13-12-19-40(42)55(3,4)48(60)29-28-45-53(66)62(54(67)68-45)34-49(63)58-41-20-14-18-39-38(41)25-27-44-52(39)57(7,8)47(61(44)33-31-50(64)65)23-15-22-46-56(5,6)51-37-17-11-10-16-36(37)24-26-43(51)59(46)9/h10-29,35,47H,30-34H2,1-9H3,(H,58,63)(H,64,65)/b23-15+,45-28+,46-22+,48-29-. The number of hydrogen-bond acceptors (Lipinski definition) is 8. The molecule has 11 heteroatoms. The third kappa shape index (κ3) is 7.88. The van der Waals surface area contributed by atoms with Gasteiger partial charge in [0.15, 0.2) is 0 Å². The number of imide groups is 1. The second kappa shape index (κ2) is 17.5. The molecule has 0 bridgehead atoms. The molecule has 0 aromatic heterocycles. The van der Waals surface area contributed by atoms with Crippen LogP contribution in [0.25, 0.3) is 21.5 Å². The third-order valence-corrected chi connectivity index (χ3v) is 15.6. The lowest BCUT2D eigenvalue weighted by molar-refractivity contribution is -0.136. The normalized spacial score (nSPS) is 20.9. The number of carboxylic acid groups (broad SMARTS) is 1. The number of anilines is 4. The molecule has 0 saturated carbocycles. The van der Waals surface area contributed by atoms with Gasteiger partial charge in [-0.3, -0.25) is 24.1 Å². The number of aliphatic carboxylic acids is 1. The van der Waals surface area contributed by atoms with E-state index in [1.54, 1.807) is 6.08 Å². The van der Waals surface area contributed by atoms with Crippen LogP contribution in [0.3, 0.4) is 0 Å². The number of rotatable bonds is 12. The minimum Gasteiger partial charge on any atom is -0.481 e. The van der Waals surface area contributed by atoms with Crippen LogP contribution in [-0.2, 0) is 30.6 Å². The van der Waals surface area contributed by atoms with Gasteiger partial charge in [-0.2, -0.15) is 0 Å². The first kappa shape index (κ1) is 46.5. The predicted molar refractivity (Wildman–Crippen MR) is 279 cm³/mol. The van der Waals surface area contributed by atoms with Crippen molar-refractivity contribution in [2.75, 3.05) is 46.7 Å². The quantitative estimate of drug-likeness (QED) is 0.118. The van der Waals surface area contributed by atoms with Crippen molar-refractivity contribution in [1.82, 2.24) is 4.90 Å². The molecule has 9 rings (SSSR count). The highest BCUT2D eigenvalue weighted by Gasteiger charge is 2.45. The number of likely N-dealkylation sites (N-methyl/N-ethyl adjacent to an activating group) is 1. The van der Waals surface area contributed by atoms with Gasteiger partial charge < -0.3 is 25.1 Å². The molecule has 5 aromatic rings. The van der Waals surface area contributed by atoms with Gasteiger partial charge in [0.25, 0.3) is 11.1 Å². The summed E-state index contributed by atoms with van der Waals surface area (Å²) >= 11 is 0.851. The zero-order chi connectivity index (χ0) is 48.4. The summed E-state index contributed by atoms with van der Waals surface area (Å²) in [5, 5.41) is 16.6. The molecule has 1 fully saturated rings. The van der Waals surface area contributed by atoms with E-state index in [-0.39, 0.29) is 28.2 Å². The van der Waals surface area contributed by atoms with Crippen molar-refractivity contribution in [2.24, 2.45) is 5.92 Å². The van der Waals surface area contributed by atoms with Crippen molar-refractivity contribution < 1.29 is 24.3 Å². The zero-order valence-corrected chi connectivity index (χ0v) is 41.3. The van der Waals surface area contributed by atoms with Crippen LogP contribution in [0, 0.1) is 5.92 Å². The van der Waals surface area contributed by atoms with E-state index in [0.717, 1.165) is 63.0 Å². The molecule has 350 valence electrons. The molecule has 1 atom stereocenters. The first-order valence-electron chi connectivity index (χ1n) is 23.6. The van der Waals surface area contributed by atoms with Crippen LogP contribution in [0.1, 0.15) is 84.9 Å². The number of carboxylic acids is 1. The summed E-state index contributed by atoms with van der Waals surface area (Å²) < 4.78 is 0. The number of carbonyl (C=O) groups excluding carboxylic acids is 3. The van der Waals surface area contributed by atoms with Gasteiger partial charge in [0.05, 0.1) is 17.4 Å². The SMILES string of the molecule is CC(C)CCN1/C(=C\C=C2\SC(=O)N(CC(=O)Nc3cccc4c5c(ccc34)N(CCC(=O)O)C(/C=C/C=C3/N(C)c4ccc6ccccc6c4C3(C)C)C5(C)C)C2=O)C(C)(C)c2ccccc21. The van der Waals surface area contributed by atoms with Crippen molar-refractivity contribution in [3.05, 3.63) is 154 Å². The molecule has 1 unspecified atom stereocenters. The van der Waals surface area contributed by atoms with Crippen molar-refractivity contribution in [1.29, 1.82) is 0 Å². The van der Waals surface area contributed by atoms with Crippen LogP contribution >= 0.6 is 11.8 Å². The second-order valence-corrected chi connectivity index (χ2v) is 21.5. The lowest BCUT2D eigenvalue weighted by atomic mass is 9.78. The number of para-hydroxylation sites is 1. The summed E-state index contributed by atoms with van der Waals surface area (Å²) in [6.45, 7) is 18.4. The van der Waals surface area contributed by atoms with E-state index in [1.165, 1.54) is 33.3 Å². The van der Waals surface area contributed by atoms with Gasteiger partial charge in [0, 0.05) is 75.9 Å². The van der Waals surface area contributed by atoms with Crippen LogP contribution < -0.4 is 20.0 Å². The second-order valence-electron chi connectivity index (χ2n) is 20.5. The van der Waals surface area contributed by atoms with Crippen molar-refractivity contribution in [3.8, 4) is 0 Å². The average molecular weight is 928 g/mol. The minimum absolute atomic E-state index is 0.0309. The van der Waals surface area contributed by atoms with Crippen LogP contribution in [0.5, 0.6) is 0 Å². The van der Waals surface area contributed by atoms with E-state index in [2.05, 4.69) is 155 Å². The van der Waals surface area contributed by atoms with Crippen LogP contribution in [-0.4, -0.2) is 65.8 Å². The summed E-state index contributed by atoms with van der Waals surface area (Å²) in [6, 6.07) is 30.8. The Balaban J connectivity index is 0.960. The van der Waals surface area contributed by atoms with Crippen LogP contribution in [0.2, 0.25) is 0 Å². The topological polar surface area (TPSA) is 114 Å². The first-order chi connectivity index (χ1) is 32.3. The van der Waals surface area contributed by atoms with Crippen molar-refractivity contribution >= 4 is 79.1 Å². The van der Waals surface area contributed by atoms with Crippen LogP contribution in [0.15, 0.2) is 138 Å². The Morgan fingerprint density at radius 1 is 0.735 bits per heavy atom. The third-order valence-electron chi connectivity index (χ3n) is 14.6. The van der Waals surface area contributed by atoms with Crippen molar-refractivity contribution in [3.63, 3.8) is 0 Å². The summed E-state index contributed by atoms with van der Waals surface area (Å²) in [5.41, 5.74) is 8.59. The Bertz CT molecular complexity index is 3050. The van der Waals surface area contributed by atoms with Crippen LogP contribution in [0.4, 0.5) is 27.5 Å². The molecule has 0 spiro atoms. The van der Waals surface area contributed by atoms with E-state index in [4.69, 9.17) is 0 Å². The van der Waals surface area contributed by atoms with Gasteiger partial charge in [-0.1, -0.05) is 134 Å². The first-order valence-corrected chi connectivity index (χ1v) is 24.5. The monoisotopic (exact) mass is 927 g/mol. The van der Waals surface area contributed by atoms with Crippen molar-refractivity contribution in [2.45, 2.75) is 90.5 Å².